The Morgan fingerprint density at radius 3 is 1.77 bits per heavy atom. The maximum absolute atomic E-state index is 3.52. The summed E-state index contributed by atoms with van der Waals surface area (Å²) in [4.78, 5) is 3.52. The lowest BCUT2D eigenvalue weighted by Gasteiger charge is -2.27. The fraction of sp³-hybridized carbons (Fsp3) is 0.400. The maximum Gasteiger partial charge on any atom is 0.0467 e. The van der Waals surface area contributed by atoms with E-state index in [0.29, 0.717) is 0 Å². The summed E-state index contributed by atoms with van der Waals surface area (Å²) < 4.78 is 0. The molecule has 0 saturated heterocycles. The van der Waals surface area contributed by atoms with Crippen LogP contribution in [0.15, 0.2) is 60.7 Å². The number of benzene rings is 3. The summed E-state index contributed by atoms with van der Waals surface area (Å²) in [6.07, 6.45) is 5.39. The number of aryl methyl sites for hydroxylation is 3. The molecule has 5 rings (SSSR count). The summed E-state index contributed by atoms with van der Waals surface area (Å²) in [7, 11) is 0. The van der Waals surface area contributed by atoms with Gasteiger partial charge >= 0.3 is 0 Å². The highest BCUT2D eigenvalue weighted by atomic mass is 14.7. The second-order valence-electron chi connectivity index (χ2n) is 8.34. The molecule has 1 aliphatic rings. The molecule has 1 nitrogen and oxygen atoms in total. The van der Waals surface area contributed by atoms with E-state index in [-0.39, 0.29) is 0 Å². The zero-order valence-electron chi connectivity index (χ0n) is 20.7. The number of rotatable bonds is 1. The van der Waals surface area contributed by atoms with E-state index >= 15 is 0 Å². The van der Waals surface area contributed by atoms with Crippen molar-refractivity contribution in [2.24, 2.45) is 0 Å². The minimum Gasteiger partial charge on any atom is -0.355 e. The van der Waals surface area contributed by atoms with Gasteiger partial charge < -0.3 is 4.98 Å². The van der Waals surface area contributed by atoms with Crippen molar-refractivity contribution >= 4 is 21.8 Å². The van der Waals surface area contributed by atoms with Crippen LogP contribution in [0.2, 0.25) is 0 Å². The molecule has 0 amide bonds. The van der Waals surface area contributed by atoms with Crippen molar-refractivity contribution in [2.45, 2.75) is 80.1 Å². The monoisotopic (exact) mass is 415 g/mol. The van der Waals surface area contributed by atoms with Gasteiger partial charge in [0.2, 0.25) is 0 Å². The lowest BCUT2D eigenvalue weighted by molar-refractivity contribution is 0.418. The highest BCUT2D eigenvalue weighted by Gasteiger charge is 2.21. The molecule has 1 heterocycles. The van der Waals surface area contributed by atoms with Gasteiger partial charge in [-0.25, -0.2) is 0 Å². The fourth-order valence-electron chi connectivity index (χ4n) is 3.84. The minimum absolute atomic E-state index is 0.808. The van der Waals surface area contributed by atoms with Crippen molar-refractivity contribution in [2.75, 3.05) is 0 Å². The van der Waals surface area contributed by atoms with E-state index in [1.807, 2.05) is 13.8 Å². The second kappa shape index (κ2) is 12.3. The van der Waals surface area contributed by atoms with Gasteiger partial charge in [0, 0.05) is 21.8 Å². The van der Waals surface area contributed by atoms with Crippen LogP contribution in [0.25, 0.3) is 21.8 Å². The molecule has 0 unspecified atom stereocenters. The Morgan fingerprint density at radius 2 is 1.26 bits per heavy atom. The van der Waals surface area contributed by atoms with Crippen molar-refractivity contribution in [3.8, 4) is 0 Å². The van der Waals surface area contributed by atoms with Gasteiger partial charge in [0.25, 0.3) is 0 Å². The van der Waals surface area contributed by atoms with Gasteiger partial charge in [0.05, 0.1) is 0 Å². The van der Waals surface area contributed by atoms with Crippen LogP contribution in [0.4, 0.5) is 0 Å². The molecule has 0 spiro atoms. The molecule has 1 N–H and O–H groups in total. The van der Waals surface area contributed by atoms with E-state index in [2.05, 4.69) is 100 Å². The zero-order chi connectivity index (χ0) is 22.8. The van der Waals surface area contributed by atoms with Crippen LogP contribution < -0.4 is 0 Å². The molecular formula is C30H41N. The molecule has 0 atom stereocenters. The Balaban J connectivity index is 0.000000221. The van der Waals surface area contributed by atoms with E-state index in [9.17, 15) is 0 Å². The van der Waals surface area contributed by atoms with Crippen molar-refractivity contribution in [3.05, 3.63) is 82.9 Å². The number of H-pyrrole nitrogens is 1. The first kappa shape index (κ1) is 24.7. The van der Waals surface area contributed by atoms with Gasteiger partial charge in [0.1, 0.15) is 0 Å². The molecule has 1 aliphatic carbocycles. The molecule has 0 bridgehead atoms. The molecule has 1 aromatic heterocycles. The summed E-state index contributed by atoms with van der Waals surface area (Å²) in [6, 6.07) is 21.7. The average Bonchev–Trinajstić information content (AvgIpc) is 3.09. The molecule has 1 heteroatoms. The summed E-state index contributed by atoms with van der Waals surface area (Å²) >= 11 is 0. The standard InChI is InChI=1S/C17H17N.C8H10.C3H8.C2H6/c1-11-9-17-15(10-14(11)12-5-4-6-12)13-7-2-3-8-16(13)18-17;1-7-5-3-4-6-8(7)2;1-3-2;1-2/h2-3,7-10,12,18H,4-6H2,1H3;3-6H,1-2H3;3H2,1-2H3;1-2H3. The summed E-state index contributed by atoms with van der Waals surface area (Å²) in [5.41, 5.74) is 8.27. The number of aromatic amines is 1. The highest BCUT2D eigenvalue weighted by molar-refractivity contribution is 6.07. The van der Waals surface area contributed by atoms with Crippen LogP contribution >= 0.6 is 0 Å². The summed E-state index contributed by atoms with van der Waals surface area (Å²) in [5.74, 6) is 0.808. The molecule has 1 fully saturated rings. The molecule has 1 saturated carbocycles. The lowest BCUT2D eigenvalue weighted by atomic mass is 9.78. The van der Waals surface area contributed by atoms with E-state index in [4.69, 9.17) is 0 Å². The number of para-hydroxylation sites is 1. The Kier molecular flexibility index (Phi) is 9.85. The first-order valence-electron chi connectivity index (χ1n) is 12.1. The molecule has 0 aliphatic heterocycles. The lowest BCUT2D eigenvalue weighted by Crippen LogP contribution is -2.10. The van der Waals surface area contributed by atoms with Crippen LogP contribution in [-0.2, 0) is 0 Å². The van der Waals surface area contributed by atoms with Crippen molar-refractivity contribution < 1.29 is 0 Å². The normalized spacial score (nSPS) is 12.6. The molecular weight excluding hydrogens is 374 g/mol. The number of aromatic nitrogens is 1. The number of nitrogens with one attached hydrogen (secondary N) is 1. The zero-order valence-corrected chi connectivity index (χ0v) is 20.7. The van der Waals surface area contributed by atoms with Gasteiger partial charge in [-0.15, -0.1) is 0 Å². The maximum atomic E-state index is 3.52. The number of hydrogen-bond donors (Lipinski definition) is 1. The van der Waals surface area contributed by atoms with Crippen LogP contribution in [-0.4, -0.2) is 4.98 Å². The van der Waals surface area contributed by atoms with Gasteiger partial charge in [0.15, 0.2) is 0 Å². The Bertz CT molecular complexity index is 1050. The second-order valence-corrected chi connectivity index (χ2v) is 8.34. The molecule has 4 aromatic rings. The SMILES string of the molecule is CC.CCC.Cc1cc2[nH]c3ccccc3c2cc1C1CCC1.Cc1ccccc1C. The predicted octanol–water partition coefficient (Wildman–Crippen LogP) is 9.64. The third-order valence-electron chi connectivity index (χ3n) is 5.86. The van der Waals surface area contributed by atoms with E-state index in [1.165, 1.54) is 64.2 Å². The largest absolute Gasteiger partial charge is 0.355 e. The minimum atomic E-state index is 0.808. The smallest absolute Gasteiger partial charge is 0.0467 e. The predicted molar refractivity (Wildman–Crippen MR) is 140 cm³/mol. The summed E-state index contributed by atoms with van der Waals surface area (Å²) in [5, 5.41) is 2.74. The van der Waals surface area contributed by atoms with Crippen LogP contribution in [0.5, 0.6) is 0 Å². The van der Waals surface area contributed by atoms with E-state index in [0.717, 1.165) is 5.92 Å². The highest BCUT2D eigenvalue weighted by Crippen LogP contribution is 2.40. The Labute approximate surface area is 189 Å². The number of hydrogen-bond acceptors (Lipinski definition) is 0. The van der Waals surface area contributed by atoms with Gasteiger partial charge in [-0.05, 0) is 80.0 Å². The first-order chi connectivity index (χ1) is 15.0. The van der Waals surface area contributed by atoms with Crippen molar-refractivity contribution in [1.29, 1.82) is 0 Å². The van der Waals surface area contributed by atoms with Gasteiger partial charge in [-0.2, -0.15) is 0 Å². The van der Waals surface area contributed by atoms with Crippen LogP contribution in [0.3, 0.4) is 0 Å². The molecule has 3 aromatic carbocycles. The third-order valence-corrected chi connectivity index (χ3v) is 5.86. The molecule has 166 valence electrons. The molecule has 31 heavy (non-hydrogen) atoms. The van der Waals surface area contributed by atoms with Crippen molar-refractivity contribution in [1.82, 2.24) is 4.98 Å². The van der Waals surface area contributed by atoms with Crippen molar-refractivity contribution in [3.63, 3.8) is 0 Å². The average molecular weight is 416 g/mol. The summed E-state index contributed by atoms with van der Waals surface area (Å²) in [6.45, 7) is 14.7. The first-order valence-corrected chi connectivity index (χ1v) is 12.1. The Morgan fingerprint density at radius 1 is 0.710 bits per heavy atom. The van der Waals surface area contributed by atoms with Crippen LogP contribution in [0, 0.1) is 20.8 Å². The van der Waals surface area contributed by atoms with E-state index in [1.54, 1.807) is 5.56 Å². The van der Waals surface area contributed by atoms with E-state index < -0.39 is 0 Å². The fourth-order valence-corrected chi connectivity index (χ4v) is 3.84. The topological polar surface area (TPSA) is 15.8 Å². The number of fused-ring (bicyclic) bond motifs is 3. The molecule has 0 radical (unpaired) electrons. The van der Waals surface area contributed by atoms with Gasteiger partial charge in [-0.3, -0.25) is 0 Å². The third kappa shape index (κ3) is 6.23. The van der Waals surface area contributed by atoms with Crippen LogP contribution in [0.1, 0.15) is 81.5 Å². The quantitative estimate of drug-likeness (QED) is 0.318. The Hall–Kier alpha value is -2.54. The van der Waals surface area contributed by atoms with Gasteiger partial charge in [-0.1, -0.05) is 83.0 Å².